The van der Waals surface area contributed by atoms with Crippen molar-refractivity contribution in [3.05, 3.63) is 66.4 Å². The molecule has 0 atom stereocenters. The third-order valence-electron chi connectivity index (χ3n) is 5.52. The third kappa shape index (κ3) is 3.94. The van der Waals surface area contributed by atoms with Gasteiger partial charge >= 0.3 is 0 Å². The van der Waals surface area contributed by atoms with E-state index < -0.39 is 0 Å². The van der Waals surface area contributed by atoms with E-state index in [9.17, 15) is 4.79 Å². The molecule has 0 aliphatic carbocycles. The highest BCUT2D eigenvalue weighted by Crippen LogP contribution is 2.36. The number of carbonyl (C=O) groups excluding carboxylic acids is 1. The fraction of sp³-hybridized carbons (Fsp3) is 0.240. The second-order valence-corrected chi connectivity index (χ2v) is 8.11. The molecule has 0 amide bonds. The maximum absolute atomic E-state index is 12.6. The lowest BCUT2D eigenvalue weighted by Gasteiger charge is -2.09. The Labute approximate surface area is 186 Å². The summed E-state index contributed by atoms with van der Waals surface area (Å²) in [6.45, 7) is 1.13. The van der Waals surface area contributed by atoms with E-state index in [2.05, 4.69) is 9.88 Å². The van der Waals surface area contributed by atoms with Crippen LogP contribution in [-0.2, 0) is 0 Å². The number of fused-ring (bicyclic) bond motifs is 2. The molecular formula is C25H24N4O3. The molecule has 2 aromatic heterocycles. The van der Waals surface area contributed by atoms with Gasteiger partial charge in [-0.15, -0.1) is 0 Å². The van der Waals surface area contributed by atoms with Gasteiger partial charge in [0.2, 0.25) is 6.79 Å². The molecule has 0 radical (unpaired) electrons. The average Bonchev–Trinajstić information content (AvgIpc) is 3.44. The van der Waals surface area contributed by atoms with Crippen molar-refractivity contribution in [1.82, 2.24) is 19.5 Å². The average molecular weight is 428 g/mol. The number of hydrogen-bond donors (Lipinski definition) is 0. The van der Waals surface area contributed by atoms with E-state index >= 15 is 0 Å². The molecule has 1 aliphatic heterocycles. The van der Waals surface area contributed by atoms with Gasteiger partial charge in [-0.1, -0.05) is 18.2 Å². The highest BCUT2D eigenvalue weighted by Gasteiger charge is 2.16. The van der Waals surface area contributed by atoms with Crippen LogP contribution >= 0.6 is 0 Å². The molecule has 0 fully saturated rings. The maximum atomic E-state index is 12.6. The minimum atomic E-state index is 0.151. The van der Waals surface area contributed by atoms with Crippen LogP contribution in [0, 0.1) is 0 Å². The van der Waals surface area contributed by atoms with Crippen molar-refractivity contribution in [2.24, 2.45) is 0 Å². The Hall–Kier alpha value is -3.71. The summed E-state index contributed by atoms with van der Waals surface area (Å²) in [6, 6.07) is 17.3. The first kappa shape index (κ1) is 20.2. The van der Waals surface area contributed by atoms with Crippen molar-refractivity contribution in [3.63, 3.8) is 0 Å². The summed E-state index contributed by atoms with van der Waals surface area (Å²) in [5, 5.41) is 4.83. The number of aromatic nitrogens is 3. The molecular weight excluding hydrogens is 404 g/mol. The molecule has 7 nitrogen and oxygen atoms in total. The van der Waals surface area contributed by atoms with Crippen molar-refractivity contribution in [1.29, 1.82) is 0 Å². The van der Waals surface area contributed by atoms with Gasteiger partial charge in [0.05, 0.1) is 17.6 Å². The molecule has 0 saturated carbocycles. The first-order chi connectivity index (χ1) is 15.6. The number of rotatable bonds is 7. The number of benzene rings is 2. The minimum absolute atomic E-state index is 0.151. The molecule has 0 saturated heterocycles. The zero-order chi connectivity index (χ0) is 22.1. The van der Waals surface area contributed by atoms with E-state index in [-0.39, 0.29) is 12.6 Å². The number of ether oxygens (including phenoxy) is 2. The quantitative estimate of drug-likeness (QED) is 0.409. The third-order valence-corrected chi connectivity index (χ3v) is 5.52. The van der Waals surface area contributed by atoms with Gasteiger partial charge in [0.15, 0.2) is 22.9 Å². The number of nitrogens with zero attached hydrogens (tertiary/aromatic N) is 4. The van der Waals surface area contributed by atoms with Crippen molar-refractivity contribution in [3.8, 4) is 34.0 Å². The predicted octanol–water partition coefficient (Wildman–Crippen LogP) is 4.32. The second-order valence-electron chi connectivity index (χ2n) is 8.11. The lowest BCUT2D eigenvalue weighted by atomic mass is 10.0. The first-order valence-electron chi connectivity index (χ1n) is 10.6. The van der Waals surface area contributed by atoms with E-state index in [0.717, 1.165) is 46.9 Å². The predicted molar refractivity (Wildman–Crippen MR) is 122 cm³/mol. The zero-order valence-electron chi connectivity index (χ0n) is 18.1. The molecule has 162 valence electrons. The molecule has 5 rings (SSSR count). The highest BCUT2D eigenvalue weighted by atomic mass is 16.7. The second kappa shape index (κ2) is 8.43. The van der Waals surface area contributed by atoms with Crippen LogP contribution in [0.2, 0.25) is 0 Å². The Kier molecular flexibility index (Phi) is 5.33. The fourth-order valence-corrected chi connectivity index (χ4v) is 3.83. The zero-order valence-corrected chi connectivity index (χ0v) is 18.1. The fourth-order valence-electron chi connectivity index (χ4n) is 3.83. The van der Waals surface area contributed by atoms with Crippen LogP contribution in [0.25, 0.3) is 28.2 Å². The van der Waals surface area contributed by atoms with Gasteiger partial charge in [0.25, 0.3) is 0 Å². The Balaban J connectivity index is 1.45. The van der Waals surface area contributed by atoms with Crippen LogP contribution in [0.4, 0.5) is 0 Å². The van der Waals surface area contributed by atoms with Gasteiger partial charge < -0.3 is 14.4 Å². The minimum Gasteiger partial charge on any atom is -0.454 e. The number of carbonyl (C=O) groups is 1. The molecule has 2 aromatic carbocycles. The summed E-state index contributed by atoms with van der Waals surface area (Å²) in [5.41, 5.74) is 4.94. The molecule has 0 spiro atoms. The van der Waals surface area contributed by atoms with Crippen molar-refractivity contribution in [2.75, 3.05) is 27.4 Å². The molecule has 32 heavy (non-hydrogen) atoms. The van der Waals surface area contributed by atoms with E-state index in [1.807, 2.05) is 73.2 Å². The standard InChI is InChI=1S/C25H24N4O3/c1-28(2)12-4-7-22(30)19-6-3-5-17(13-19)20-9-11-25-26-15-21(29(25)27-20)18-8-10-23-24(14-18)32-16-31-23/h3,5-6,8-11,13-15H,4,7,12,16H2,1-2H3. The number of imidazole rings is 1. The monoisotopic (exact) mass is 428 g/mol. The topological polar surface area (TPSA) is 69.0 Å². The van der Waals surface area contributed by atoms with Gasteiger partial charge in [-0.25, -0.2) is 9.50 Å². The smallest absolute Gasteiger partial charge is 0.231 e. The molecule has 1 aliphatic rings. The van der Waals surface area contributed by atoms with E-state index in [0.29, 0.717) is 17.7 Å². The van der Waals surface area contributed by atoms with E-state index in [1.54, 1.807) is 6.20 Å². The van der Waals surface area contributed by atoms with Crippen LogP contribution < -0.4 is 9.47 Å². The molecule has 3 heterocycles. The summed E-state index contributed by atoms with van der Waals surface area (Å²) in [6.07, 6.45) is 3.17. The summed E-state index contributed by atoms with van der Waals surface area (Å²) in [5.74, 6) is 1.61. The van der Waals surface area contributed by atoms with Crippen molar-refractivity contribution < 1.29 is 14.3 Å². The SMILES string of the molecule is CN(C)CCCC(=O)c1cccc(-c2ccc3ncc(-c4ccc5c(c4)OCO5)n3n2)c1. The molecule has 0 N–H and O–H groups in total. The lowest BCUT2D eigenvalue weighted by Crippen LogP contribution is -2.14. The molecule has 0 bridgehead atoms. The lowest BCUT2D eigenvalue weighted by molar-refractivity contribution is 0.0977. The van der Waals surface area contributed by atoms with E-state index in [4.69, 9.17) is 14.6 Å². The van der Waals surface area contributed by atoms with Gasteiger partial charge in [0.1, 0.15) is 0 Å². The van der Waals surface area contributed by atoms with Gasteiger partial charge in [0, 0.05) is 23.1 Å². The number of hydrogen-bond acceptors (Lipinski definition) is 6. The molecule has 4 aromatic rings. The van der Waals surface area contributed by atoms with Crippen LogP contribution in [-0.4, -0.2) is 52.7 Å². The first-order valence-corrected chi connectivity index (χ1v) is 10.6. The summed E-state index contributed by atoms with van der Waals surface area (Å²) >= 11 is 0. The van der Waals surface area contributed by atoms with Gasteiger partial charge in [-0.3, -0.25) is 4.79 Å². The largest absolute Gasteiger partial charge is 0.454 e. The normalized spacial score (nSPS) is 12.6. The molecule has 7 heteroatoms. The Morgan fingerprint density at radius 1 is 1.03 bits per heavy atom. The number of Topliss-reactive ketones (excluding diaryl/α,β-unsaturated/α-hetero) is 1. The summed E-state index contributed by atoms with van der Waals surface area (Å²) in [4.78, 5) is 19.2. The van der Waals surface area contributed by atoms with Crippen molar-refractivity contribution >= 4 is 11.4 Å². The Morgan fingerprint density at radius 2 is 1.91 bits per heavy atom. The molecule has 0 unspecified atom stereocenters. The Bertz CT molecular complexity index is 1300. The highest BCUT2D eigenvalue weighted by molar-refractivity contribution is 5.97. The van der Waals surface area contributed by atoms with Gasteiger partial charge in [-0.2, -0.15) is 5.10 Å². The van der Waals surface area contributed by atoms with Crippen LogP contribution in [0.5, 0.6) is 11.5 Å². The Morgan fingerprint density at radius 3 is 2.78 bits per heavy atom. The number of ketones is 1. The van der Waals surface area contributed by atoms with Gasteiger partial charge in [-0.05, 0) is 63.5 Å². The van der Waals surface area contributed by atoms with E-state index in [1.165, 1.54) is 0 Å². The van der Waals surface area contributed by atoms with Crippen LogP contribution in [0.15, 0.2) is 60.8 Å². The van der Waals surface area contributed by atoms with Crippen LogP contribution in [0.1, 0.15) is 23.2 Å². The summed E-state index contributed by atoms with van der Waals surface area (Å²) in [7, 11) is 4.03. The van der Waals surface area contributed by atoms with Crippen molar-refractivity contribution in [2.45, 2.75) is 12.8 Å². The maximum Gasteiger partial charge on any atom is 0.231 e. The summed E-state index contributed by atoms with van der Waals surface area (Å²) < 4.78 is 12.7. The van der Waals surface area contributed by atoms with Crippen LogP contribution in [0.3, 0.4) is 0 Å².